The number of hydrogen-bond donors (Lipinski definition) is 2. The van der Waals surface area contributed by atoms with Crippen LogP contribution in [0.15, 0.2) is 12.4 Å². The normalized spacial score (nSPS) is 25.6. The van der Waals surface area contributed by atoms with Crippen LogP contribution in [-0.2, 0) is 4.79 Å². The summed E-state index contributed by atoms with van der Waals surface area (Å²) in [4.78, 5) is 17.8. The van der Waals surface area contributed by atoms with Gasteiger partial charge >= 0.3 is 5.97 Å². The van der Waals surface area contributed by atoms with Crippen LogP contribution in [0.1, 0.15) is 12.8 Å². The van der Waals surface area contributed by atoms with Crippen molar-refractivity contribution in [2.75, 3.05) is 23.7 Å². The molecular weight excluding hydrogens is 272 g/mol. The third-order valence-electron chi connectivity index (χ3n) is 4.54. The smallest absolute Gasteiger partial charge is 0.308 e. The summed E-state index contributed by atoms with van der Waals surface area (Å²) in [7, 11) is 0. The number of aromatic nitrogens is 4. The number of carboxylic acid groups (broad SMARTS) is 1. The van der Waals surface area contributed by atoms with Crippen molar-refractivity contribution in [2.24, 2.45) is 17.8 Å². The summed E-state index contributed by atoms with van der Waals surface area (Å²) in [6, 6.07) is 1.80. The van der Waals surface area contributed by atoms with Gasteiger partial charge in [0.05, 0.1) is 5.92 Å². The molecule has 1 saturated carbocycles. The Labute approximate surface area is 120 Å². The number of anilines is 2. The first-order valence-corrected chi connectivity index (χ1v) is 7.07. The van der Waals surface area contributed by atoms with Crippen LogP contribution in [0.25, 0.3) is 5.65 Å². The van der Waals surface area contributed by atoms with Gasteiger partial charge in [-0.2, -0.15) is 4.98 Å². The van der Waals surface area contributed by atoms with Gasteiger partial charge in [-0.1, -0.05) is 0 Å². The number of nitrogen functional groups attached to an aromatic ring is 1. The summed E-state index contributed by atoms with van der Waals surface area (Å²) >= 11 is 0. The molecule has 0 aromatic carbocycles. The molecule has 2 aliphatic rings. The third kappa shape index (κ3) is 1.98. The highest BCUT2D eigenvalue weighted by Crippen LogP contribution is 2.44. The second-order valence-corrected chi connectivity index (χ2v) is 5.88. The quantitative estimate of drug-likeness (QED) is 0.833. The minimum absolute atomic E-state index is 0.208. The van der Waals surface area contributed by atoms with Crippen LogP contribution in [-0.4, -0.2) is 43.7 Å². The van der Waals surface area contributed by atoms with Crippen molar-refractivity contribution >= 4 is 23.4 Å². The summed E-state index contributed by atoms with van der Waals surface area (Å²) < 4.78 is 1.60. The van der Waals surface area contributed by atoms with E-state index in [0.717, 1.165) is 19.4 Å². The number of aliphatic carboxylic acids is 1. The van der Waals surface area contributed by atoms with E-state index in [1.807, 2.05) is 4.90 Å². The molecule has 2 fully saturated rings. The Morgan fingerprint density at radius 3 is 2.90 bits per heavy atom. The van der Waals surface area contributed by atoms with Gasteiger partial charge < -0.3 is 15.7 Å². The zero-order valence-electron chi connectivity index (χ0n) is 11.4. The standard InChI is InChI=1S/C13H16N6O2/c14-13-16-10(3-11-17-15-6-19(11)13)18-4-8(7-1-2-7)9(5-18)12(20)21/h3,6-9H,1-2,4-5H2,(H2,14,16)(H,20,21)/t8-,9+/m0/s1. The van der Waals surface area contributed by atoms with Gasteiger partial charge in [0.1, 0.15) is 12.1 Å². The highest BCUT2D eigenvalue weighted by atomic mass is 16.4. The van der Waals surface area contributed by atoms with E-state index in [2.05, 4.69) is 15.2 Å². The Hall–Kier alpha value is -2.38. The number of hydrogen-bond acceptors (Lipinski definition) is 6. The van der Waals surface area contributed by atoms with Gasteiger partial charge in [0.15, 0.2) is 5.65 Å². The van der Waals surface area contributed by atoms with Crippen molar-refractivity contribution in [3.05, 3.63) is 12.4 Å². The second-order valence-electron chi connectivity index (χ2n) is 5.88. The molecule has 8 heteroatoms. The summed E-state index contributed by atoms with van der Waals surface area (Å²) in [6.07, 6.45) is 3.79. The van der Waals surface area contributed by atoms with Gasteiger partial charge in [-0.15, -0.1) is 10.2 Å². The van der Waals surface area contributed by atoms with E-state index in [4.69, 9.17) is 5.73 Å². The predicted octanol–water partition coefficient (Wildman–Crippen LogP) is 0.253. The molecule has 110 valence electrons. The maximum atomic E-state index is 11.5. The Kier molecular flexibility index (Phi) is 2.54. The highest BCUT2D eigenvalue weighted by Gasteiger charge is 2.46. The fourth-order valence-electron chi connectivity index (χ4n) is 3.28. The van der Waals surface area contributed by atoms with Crippen molar-refractivity contribution < 1.29 is 9.90 Å². The van der Waals surface area contributed by atoms with Crippen LogP contribution in [0, 0.1) is 17.8 Å². The van der Waals surface area contributed by atoms with Gasteiger partial charge in [-0.05, 0) is 24.7 Å². The first-order valence-electron chi connectivity index (χ1n) is 7.07. The Morgan fingerprint density at radius 2 is 2.19 bits per heavy atom. The molecule has 0 bridgehead atoms. The molecule has 0 spiro atoms. The van der Waals surface area contributed by atoms with Crippen molar-refractivity contribution in [1.82, 2.24) is 19.6 Å². The Balaban J connectivity index is 1.67. The van der Waals surface area contributed by atoms with Crippen LogP contribution in [0.4, 0.5) is 11.8 Å². The molecule has 0 radical (unpaired) electrons. The Morgan fingerprint density at radius 1 is 1.38 bits per heavy atom. The van der Waals surface area contributed by atoms with E-state index in [9.17, 15) is 9.90 Å². The number of fused-ring (bicyclic) bond motifs is 1. The summed E-state index contributed by atoms with van der Waals surface area (Å²) in [5.74, 6) is 0.710. The van der Waals surface area contributed by atoms with Crippen molar-refractivity contribution in [1.29, 1.82) is 0 Å². The summed E-state index contributed by atoms with van der Waals surface area (Å²) in [5.41, 5.74) is 6.52. The fourth-order valence-corrected chi connectivity index (χ4v) is 3.28. The number of nitrogens with zero attached hydrogens (tertiary/aromatic N) is 5. The van der Waals surface area contributed by atoms with Gasteiger partial charge in [0.25, 0.3) is 0 Å². The molecule has 0 unspecified atom stereocenters. The first kappa shape index (κ1) is 12.4. The molecule has 21 heavy (non-hydrogen) atoms. The molecule has 1 aliphatic heterocycles. The lowest BCUT2D eigenvalue weighted by Gasteiger charge is -2.17. The maximum absolute atomic E-state index is 11.5. The average Bonchev–Trinajstić information content (AvgIpc) is 3.02. The molecule has 2 aromatic rings. The van der Waals surface area contributed by atoms with Crippen LogP contribution >= 0.6 is 0 Å². The lowest BCUT2D eigenvalue weighted by Crippen LogP contribution is -2.24. The zero-order chi connectivity index (χ0) is 14.6. The SMILES string of the molecule is Nc1nc(N2C[C@@H](C(=O)O)[C@H](C3CC3)C2)cc2nncn12. The Bertz CT molecular complexity index is 710. The highest BCUT2D eigenvalue weighted by molar-refractivity contribution is 5.73. The van der Waals surface area contributed by atoms with Gasteiger partial charge in [-0.3, -0.25) is 9.20 Å². The van der Waals surface area contributed by atoms with Crippen molar-refractivity contribution in [3.63, 3.8) is 0 Å². The van der Waals surface area contributed by atoms with Crippen molar-refractivity contribution in [2.45, 2.75) is 12.8 Å². The molecule has 1 saturated heterocycles. The minimum atomic E-state index is -0.717. The van der Waals surface area contributed by atoms with E-state index in [-0.39, 0.29) is 11.8 Å². The molecule has 4 rings (SSSR count). The summed E-state index contributed by atoms with van der Waals surface area (Å²) in [5, 5.41) is 17.2. The molecule has 8 nitrogen and oxygen atoms in total. The third-order valence-corrected chi connectivity index (χ3v) is 4.54. The van der Waals surface area contributed by atoms with Crippen LogP contribution in [0.5, 0.6) is 0 Å². The summed E-state index contributed by atoms with van der Waals surface area (Å²) in [6.45, 7) is 1.20. The molecule has 0 amide bonds. The molecular formula is C13H16N6O2. The first-order chi connectivity index (χ1) is 10.1. The maximum Gasteiger partial charge on any atom is 0.308 e. The van der Waals surface area contributed by atoms with Crippen LogP contribution in [0.3, 0.4) is 0 Å². The van der Waals surface area contributed by atoms with Gasteiger partial charge in [0, 0.05) is 19.2 Å². The lowest BCUT2D eigenvalue weighted by atomic mass is 9.92. The molecule has 1 aliphatic carbocycles. The zero-order valence-corrected chi connectivity index (χ0v) is 11.4. The van der Waals surface area contributed by atoms with E-state index in [1.54, 1.807) is 10.5 Å². The van der Waals surface area contributed by atoms with Crippen LogP contribution in [0.2, 0.25) is 0 Å². The van der Waals surface area contributed by atoms with Gasteiger partial charge in [0.2, 0.25) is 5.95 Å². The van der Waals surface area contributed by atoms with Crippen molar-refractivity contribution in [3.8, 4) is 0 Å². The van der Waals surface area contributed by atoms with E-state index < -0.39 is 5.97 Å². The van der Waals surface area contributed by atoms with E-state index in [0.29, 0.717) is 29.9 Å². The molecule has 3 N–H and O–H groups in total. The molecule has 3 heterocycles. The fraction of sp³-hybridized carbons (Fsp3) is 0.538. The largest absolute Gasteiger partial charge is 0.481 e. The molecule has 2 aromatic heterocycles. The molecule has 2 atom stereocenters. The number of rotatable bonds is 3. The van der Waals surface area contributed by atoms with Gasteiger partial charge in [-0.25, -0.2) is 0 Å². The number of carbonyl (C=O) groups is 1. The lowest BCUT2D eigenvalue weighted by molar-refractivity contribution is -0.142. The van der Waals surface area contributed by atoms with E-state index >= 15 is 0 Å². The predicted molar refractivity (Wildman–Crippen MR) is 74.7 cm³/mol. The van der Waals surface area contributed by atoms with E-state index in [1.165, 1.54) is 6.33 Å². The minimum Gasteiger partial charge on any atom is -0.481 e. The average molecular weight is 288 g/mol. The topological polar surface area (TPSA) is 110 Å². The number of carboxylic acids is 1. The second kappa shape index (κ2) is 4.31. The van der Waals surface area contributed by atoms with Crippen LogP contribution < -0.4 is 10.6 Å². The number of nitrogens with two attached hydrogens (primary N) is 1. The monoisotopic (exact) mass is 288 g/mol.